The van der Waals surface area contributed by atoms with E-state index >= 15 is 0 Å². The minimum Gasteiger partial charge on any atom is -0.507 e. The molecule has 0 saturated carbocycles. The van der Waals surface area contributed by atoms with E-state index in [-0.39, 0.29) is 12.4 Å². The van der Waals surface area contributed by atoms with Gasteiger partial charge in [-0.15, -0.1) is 0 Å². The normalized spacial score (nSPS) is 22.4. The van der Waals surface area contributed by atoms with Crippen molar-refractivity contribution >= 4 is 5.57 Å². The monoisotopic (exact) mass is 248 g/mol. The van der Waals surface area contributed by atoms with Crippen molar-refractivity contribution in [1.29, 1.82) is 0 Å². The quantitative estimate of drug-likeness (QED) is 0.748. The summed E-state index contributed by atoms with van der Waals surface area (Å²) in [6.07, 6.45) is 0.992. The maximum atomic E-state index is 10.3. The number of fused-ring (bicyclic) bond motifs is 1. The molecule has 0 bridgehead atoms. The Morgan fingerprint density at radius 2 is 1.89 bits per heavy atom. The fraction of sp³-hybridized carbons (Fsp3) is 0.467. The zero-order valence-corrected chi connectivity index (χ0v) is 11.2. The van der Waals surface area contributed by atoms with Crippen LogP contribution < -0.4 is 0 Å². The highest BCUT2D eigenvalue weighted by Gasteiger charge is 2.38. The molecule has 0 spiro atoms. The van der Waals surface area contributed by atoms with Crippen molar-refractivity contribution < 1.29 is 15.3 Å². The molecule has 0 aliphatic heterocycles. The SMILES string of the molecule is C=C1c2c(O)c(C)c(CCO)c(C)c2C[C@]1(C)O. The molecule has 3 heteroatoms. The molecule has 0 aromatic heterocycles. The lowest BCUT2D eigenvalue weighted by atomic mass is 9.91. The molecule has 3 nitrogen and oxygen atoms in total. The number of hydrogen-bond acceptors (Lipinski definition) is 3. The molecular formula is C15H20O3. The molecule has 0 unspecified atom stereocenters. The van der Waals surface area contributed by atoms with E-state index in [0.717, 1.165) is 22.3 Å². The average molecular weight is 248 g/mol. The average Bonchev–Trinajstić information content (AvgIpc) is 2.54. The first-order valence-corrected chi connectivity index (χ1v) is 6.18. The van der Waals surface area contributed by atoms with Crippen molar-refractivity contribution in [3.8, 4) is 5.75 Å². The summed E-state index contributed by atoms with van der Waals surface area (Å²) in [5, 5.41) is 29.7. The molecule has 18 heavy (non-hydrogen) atoms. The number of aromatic hydroxyl groups is 1. The molecule has 1 atom stereocenters. The van der Waals surface area contributed by atoms with E-state index in [1.165, 1.54) is 0 Å². The molecule has 3 N–H and O–H groups in total. The second kappa shape index (κ2) is 4.11. The van der Waals surface area contributed by atoms with Crippen molar-refractivity contribution in [3.63, 3.8) is 0 Å². The van der Waals surface area contributed by atoms with Crippen molar-refractivity contribution in [2.24, 2.45) is 0 Å². The first-order chi connectivity index (χ1) is 8.31. The van der Waals surface area contributed by atoms with E-state index in [9.17, 15) is 10.2 Å². The van der Waals surface area contributed by atoms with Crippen LogP contribution in [-0.2, 0) is 12.8 Å². The van der Waals surface area contributed by atoms with Gasteiger partial charge in [0.1, 0.15) is 5.75 Å². The second-order valence-electron chi connectivity index (χ2n) is 5.33. The highest BCUT2D eigenvalue weighted by atomic mass is 16.3. The molecule has 1 aromatic carbocycles. The Morgan fingerprint density at radius 3 is 2.44 bits per heavy atom. The van der Waals surface area contributed by atoms with Gasteiger partial charge in [-0.3, -0.25) is 0 Å². The van der Waals surface area contributed by atoms with Gasteiger partial charge in [0.15, 0.2) is 0 Å². The summed E-state index contributed by atoms with van der Waals surface area (Å²) < 4.78 is 0. The Bertz CT molecular complexity index is 527. The number of aliphatic hydroxyl groups excluding tert-OH is 1. The Hall–Kier alpha value is -1.32. The third-order valence-corrected chi connectivity index (χ3v) is 4.09. The van der Waals surface area contributed by atoms with Crippen LogP contribution in [-0.4, -0.2) is 27.5 Å². The van der Waals surface area contributed by atoms with Gasteiger partial charge in [0.05, 0.1) is 5.60 Å². The standard InChI is InChI=1S/C15H20O3/c1-8-11(5-6-16)9(2)14(17)13-10(3)15(4,18)7-12(8)13/h16-18H,3,5-7H2,1-2,4H3/t15-/m0/s1. The number of hydrogen-bond donors (Lipinski definition) is 3. The summed E-state index contributed by atoms with van der Waals surface area (Å²) in [6, 6.07) is 0. The van der Waals surface area contributed by atoms with Gasteiger partial charge in [-0.2, -0.15) is 0 Å². The molecule has 1 aliphatic rings. The van der Waals surface area contributed by atoms with Gasteiger partial charge < -0.3 is 15.3 Å². The van der Waals surface area contributed by atoms with Gasteiger partial charge in [0.2, 0.25) is 0 Å². The van der Waals surface area contributed by atoms with E-state index in [1.54, 1.807) is 6.92 Å². The van der Waals surface area contributed by atoms with Gasteiger partial charge in [-0.05, 0) is 55.0 Å². The van der Waals surface area contributed by atoms with E-state index in [4.69, 9.17) is 5.11 Å². The van der Waals surface area contributed by atoms with E-state index in [0.29, 0.717) is 24.0 Å². The summed E-state index contributed by atoms with van der Waals surface area (Å²) in [7, 11) is 0. The van der Waals surface area contributed by atoms with Crippen LogP contribution in [0.3, 0.4) is 0 Å². The van der Waals surface area contributed by atoms with Gasteiger partial charge in [-0.25, -0.2) is 0 Å². The van der Waals surface area contributed by atoms with Crippen LogP contribution in [0.4, 0.5) is 0 Å². The summed E-state index contributed by atoms with van der Waals surface area (Å²) in [5.74, 6) is 0.196. The zero-order chi connectivity index (χ0) is 13.7. The Balaban J connectivity index is 2.72. The van der Waals surface area contributed by atoms with Gasteiger partial charge in [0.25, 0.3) is 0 Å². The second-order valence-corrected chi connectivity index (χ2v) is 5.33. The Morgan fingerprint density at radius 1 is 1.28 bits per heavy atom. The van der Waals surface area contributed by atoms with Gasteiger partial charge >= 0.3 is 0 Å². The highest BCUT2D eigenvalue weighted by molar-refractivity contribution is 5.83. The molecule has 0 heterocycles. The summed E-state index contributed by atoms with van der Waals surface area (Å²) in [6.45, 7) is 9.50. The van der Waals surface area contributed by atoms with Crippen molar-refractivity contribution in [2.45, 2.75) is 39.2 Å². The smallest absolute Gasteiger partial charge is 0.126 e. The predicted octanol–water partition coefficient (Wildman–Crippen LogP) is 1.86. The predicted molar refractivity (Wildman–Crippen MR) is 71.7 cm³/mol. The van der Waals surface area contributed by atoms with Crippen LogP contribution in [0, 0.1) is 13.8 Å². The zero-order valence-electron chi connectivity index (χ0n) is 11.2. The first kappa shape index (κ1) is 13.1. The van der Waals surface area contributed by atoms with E-state index in [1.807, 2.05) is 13.8 Å². The van der Waals surface area contributed by atoms with Crippen LogP contribution in [0.2, 0.25) is 0 Å². The molecule has 0 saturated heterocycles. The summed E-state index contributed by atoms with van der Waals surface area (Å²) in [4.78, 5) is 0. The molecule has 0 amide bonds. The molecule has 98 valence electrons. The van der Waals surface area contributed by atoms with E-state index in [2.05, 4.69) is 6.58 Å². The van der Waals surface area contributed by atoms with Crippen LogP contribution in [0.25, 0.3) is 5.57 Å². The van der Waals surface area contributed by atoms with Crippen molar-refractivity contribution in [3.05, 3.63) is 34.4 Å². The van der Waals surface area contributed by atoms with Crippen molar-refractivity contribution in [2.75, 3.05) is 6.61 Å². The fourth-order valence-electron chi connectivity index (χ4n) is 2.88. The maximum absolute atomic E-state index is 10.3. The minimum absolute atomic E-state index is 0.0528. The first-order valence-electron chi connectivity index (χ1n) is 6.18. The topological polar surface area (TPSA) is 60.7 Å². The van der Waals surface area contributed by atoms with Crippen LogP contribution in [0.15, 0.2) is 6.58 Å². The largest absolute Gasteiger partial charge is 0.507 e. The Labute approximate surface area is 107 Å². The third kappa shape index (κ3) is 1.66. The van der Waals surface area contributed by atoms with Crippen molar-refractivity contribution in [1.82, 2.24) is 0 Å². The highest BCUT2D eigenvalue weighted by Crippen LogP contribution is 2.47. The number of aliphatic hydroxyl groups is 2. The van der Waals surface area contributed by atoms with Crippen LogP contribution >= 0.6 is 0 Å². The number of phenolic OH excluding ortho intramolecular Hbond substituents is 1. The van der Waals surface area contributed by atoms with Crippen LogP contribution in [0.1, 0.15) is 34.7 Å². The molecule has 1 aliphatic carbocycles. The lowest BCUT2D eigenvalue weighted by Crippen LogP contribution is -2.22. The van der Waals surface area contributed by atoms with Gasteiger partial charge in [0, 0.05) is 18.6 Å². The molecule has 0 radical (unpaired) electrons. The lowest BCUT2D eigenvalue weighted by Gasteiger charge is -2.17. The number of benzene rings is 1. The summed E-state index contributed by atoms with van der Waals surface area (Å²) in [5.41, 5.74) is 4.03. The van der Waals surface area contributed by atoms with Crippen LogP contribution in [0.5, 0.6) is 5.75 Å². The van der Waals surface area contributed by atoms with E-state index < -0.39 is 5.60 Å². The third-order valence-electron chi connectivity index (χ3n) is 4.09. The molecule has 0 fully saturated rings. The minimum atomic E-state index is -0.991. The maximum Gasteiger partial charge on any atom is 0.126 e. The summed E-state index contributed by atoms with van der Waals surface area (Å²) >= 11 is 0. The number of rotatable bonds is 2. The van der Waals surface area contributed by atoms with Gasteiger partial charge in [-0.1, -0.05) is 6.58 Å². The number of phenols is 1. The molecule has 1 aromatic rings. The molecular weight excluding hydrogens is 228 g/mol. The Kier molecular flexibility index (Phi) is 2.99. The fourth-order valence-corrected chi connectivity index (χ4v) is 2.88. The molecule has 2 rings (SSSR count). The lowest BCUT2D eigenvalue weighted by molar-refractivity contribution is 0.129.